The largest absolute Gasteiger partial charge is 0.466 e. The van der Waals surface area contributed by atoms with E-state index in [9.17, 15) is 9.59 Å². The molecule has 0 saturated heterocycles. The van der Waals surface area contributed by atoms with Gasteiger partial charge in [-0.15, -0.1) is 0 Å². The zero-order chi connectivity index (χ0) is 15.8. The molecule has 0 atom stereocenters. The Labute approximate surface area is 131 Å². The molecule has 5 heteroatoms. The van der Waals surface area contributed by atoms with Gasteiger partial charge in [-0.3, -0.25) is 14.6 Å². The maximum absolute atomic E-state index is 12.8. The number of rotatable bonds is 6. The van der Waals surface area contributed by atoms with Crippen molar-refractivity contribution in [2.24, 2.45) is 0 Å². The first-order valence-electron chi connectivity index (χ1n) is 8.09. The fraction of sp³-hybridized carbons (Fsp3) is 0.588. The van der Waals surface area contributed by atoms with E-state index >= 15 is 0 Å². The van der Waals surface area contributed by atoms with E-state index in [2.05, 4.69) is 4.98 Å². The number of carbonyl (C=O) groups excluding carboxylic acids is 2. The molecule has 5 nitrogen and oxygen atoms in total. The summed E-state index contributed by atoms with van der Waals surface area (Å²) >= 11 is 0. The molecule has 1 heterocycles. The number of nitrogens with zero attached hydrogens (tertiary/aromatic N) is 2. The van der Waals surface area contributed by atoms with Crippen molar-refractivity contribution in [2.45, 2.75) is 51.5 Å². The summed E-state index contributed by atoms with van der Waals surface area (Å²) in [4.78, 5) is 30.2. The Bertz CT molecular complexity index is 484. The first-order valence-corrected chi connectivity index (χ1v) is 8.09. The minimum absolute atomic E-state index is 0.0152. The minimum atomic E-state index is -0.245. The SMILES string of the molecule is CCOC(=O)CCN(C(=O)c1ccncc1)C1CCCCC1. The van der Waals surface area contributed by atoms with Crippen LogP contribution in [0.4, 0.5) is 0 Å². The lowest BCUT2D eigenvalue weighted by molar-refractivity contribution is -0.143. The first kappa shape index (κ1) is 16.5. The Morgan fingerprint density at radius 3 is 2.55 bits per heavy atom. The Hall–Kier alpha value is -1.91. The van der Waals surface area contributed by atoms with Crippen molar-refractivity contribution in [3.63, 3.8) is 0 Å². The highest BCUT2D eigenvalue weighted by molar-refractivity contribution is 5.94. The topological polar surface area (TPSA) is 59.5 Å². The van der Waals surface area contributed by atoms with Crippen molar-refractivity contribution in [2.75, 3.05) is 13.2 Å². The van der Waals surface area contributed by atoms with Gasteiger partial charge >= 0.3 is 5.97 Å². The Kier molecular flexibility index (Phi) is 6.37. The summed E-state index contributed by atoms with van der Waals surface area (Å²) < 4.78 is 4.98. The van der Waals surface area contributed by atoms with E-state index in [4.69, 9.17) is 4.74 Å². The van der Waals surface area contributed by atoms with Crippen LogP contribution in [-0.4, -0.2) is 41.0 Å². The van der Waals surface area contributed by atoms with Gasteiger partial charge in [0.15, 0.2) is 0 Å². The fourth-order valence-electron chi connectivity index (χ4n) is 2.95. The average Bonchev–Trinajstić information content (AvgIpc) is 2.57. The number of hydrogen-bond acceptors (Lipinski definition) is 4. The van der Waals surface area contributed by atoms with Crippen LogP contribution in [-0.2, 0) is 9.53 Å². The van der Waals surface area contributed by atoms with Crippen LogP contribution in [0.15, 0.2) is 24.5 Å². The van der Waals surface area contributed by atoms with Gasteiger partial charge < -0.3 is 9.64 Å². The summed E-state index contributed by atoms with van der Waals surface area (Å²) in [5, 5.41) is 0. The van der Waals surface area contributed by atoms with Gasteiger partial charge in [0, 0.05) is 30.5 Å². The van der Waals surface area contributed by atoms with E-state index in [1.165, 1.54) is 6.42 Å². The molecule has 0 unspecified atom stereocenters. The molecule has 120 valence electrons. The summed E-state index contributed by atoms with van der Waals surface area (Å²) in [5.74, 6) is -0.260. The highest BCUT2D eigenvalue weighted by atomic mass is 16.5. The van der Waals surface area contributed by atoms with Gasteiger partial charge in [-0.25, -0.2) is 0 Å². The van der Waals surface area contributed by atoms with Gasteiger partial charge in [0.1, 0.15) is 0 Å². The molecule has 1 saturated carbocycles. The van der Waals surface area contributed by atoms with Gasteiger partial charge in [-0.2, -0.15) is 0 Å². The summed E-state index contributed by atoms with van der Waals surface area (Å²) in [5.41, 5.74) is 0.629. The Balaban J connectivity index is 2.06. The van der Waals surface area contributed by atoms with Gasteiger partial charge in [-0.1, -0.05) is 19.3 Å². The number of carbonyl (C=O) groups is 2. The number of ether oxygens (including phenoxy) is 1. The average molecular weight is 304 g/mol. The van der Waals surface area contributed by atoms with Gasteiger partial charge in [-0.05, 0) is 31.9 Å². The van der Waals surface area contributed by atoms with Crippen LogP contribution in [0.1, 0.15) is 55.8 Å². The fourth-order valence-corrected chi connectivity index (χ4v) is 2.95. The monoisotopic (exact) mass is 304 g/mol. The predicted octanol–water partition coefficient (Wildman–Crippen LogP) is 2.81. The van der Waals surface area contributed by atoms with Crippen molar-refractivity contribution in [1.82, 2.24) is 9.88 Å². The smallest absolute Gasteiger partial charge is 0.307 e. The number of amides is 1. The molecular formula is C17H24N2O3. The molecule has 0 aliphatic heterocycles. The molecule has 0 aromatic carbocycles. The standard InChI is InChI=1S/C17H24N2O3/c1-2-22-16(20)10-13-19(15-6-4-3-5-7-15)17(21)14-8-11-18-12-9-14/h8-9,11-12,15H,2-7,10,13H2,1H3. The van der Waals surface area contributed by atoms with Gasteiger partial charge in [0.25, 0.3) is 5.91 Å². The molecule has 22 heavy (non-hydrogen) atoms. The summed E-state index contributed by atoms with van der Waals surface area (Å²) in [7, 11) is 0. The molecule has 1 aromatic rings. The third kappa shape index (κ3) is 4.55. The molecular weight excluding hydrogens is 280 g/mol. The molecule has 0 N–H and O–H groups in total. The van der Waals surface area contributed by atoms with Crippen LogP contribution in [0.2, 0.25) is 0 Å². The molecule has 0 spiro atoms. The highest BCUT2D eigenvalue weighted by Crippen LogP contribution is 2.24. The van der Waals surface area contributed by atoms with Crippen molar-refractivity contribution < 1.29 is 14.3 Å². The van der Waals surface area contributed by atoms with Crippen molar-refractivity contribution in [1.29, 1.82) is 0 Å². The zero-order valence-electron chi connectivity index (χ0n) is 13.2. The number of aromatic nitrogens is 1. The molecule has 0 radical (unpaired) electrons. The van der Waals surface area contributed by atoms with E-state index < -0.39 is 0 Å². The molecule has 1 aliphatic rings. The Morgan fingerprint density at radius 2 is 1.91 bits per heavy atom. The maximum atomic E-state index is 12.8. The summed E-state index contributed by atoms with van der Waals surface area (Å²) in [6.07, 6.45) is 9.04. The molecule has 0 bridgehead atoms. The third-order valence-corrected chi connectivity index (χ3v) is 4.07. The van der Waals surface area contributed by atoms with Crippen molar-refractivity contribution in [3.05, 3.63) is 30.1 Å². The first-order chi connectivity index (χ1) is 10.7. The minimum Gasteiger partial charge on any atom is -0.466 e. The molecule has 1 aromatic heterocycles. The molecule has 1 fully saturated rings. The lowest BCUT2D eigenvalue weighted by atomic mass is 9.93. The van der Waals surface area contributed by atoms with Crippen LogP contribution in [0.25, 0.3) is 0 Å². The van der Waals surface area contributed by atoms with Crippen LogP contribution in [0.5, 0.6) is 0 Å². The lowest BCUT2D eigenvalue weighted by Gasteiger charge is -2.34. The second kappa shape index (κ2) is 8.51. The maximum Gasteiger partial charge on any atom is 0.307 e. The van der Waals surface area contributed by atoms with E-state index in [1.54, 1.807) is 31.5 Å². The number of hydrogen-bond donors (Lipinski definition) is 0. The van der Waals surface area contributed by atoms with Gasteiger partial charge in [0.05, 0.1) is 13.0 Å². The van der Waals surface area contributed by atoms with Crippen LogP contribution in [0, 0.1) is 0 Å². The molecule has 1 aliphatic carbocycles. The highest BCUT2D eigenvalue weighted by Gasteiger charge is 2.26. The molecule has 2 rings (SSSR count). The van der Waals surface area contributed by atoms with E-state index in [0.29, 0.717) is 18.7 Å². The predicted molar refractivity (Wildman–Crippen MR) is 83.4 cm³/mol. The normalized spacial score (nSPS) is 15.3. The lowest BCUT2D eigenvalue weighted by Crippen LogP contribution is -2.42. The third-order valence-electron chi connectivity index (χ3n) is 4.07. The van der Waals surface area contributed by atoms with E-state index in [0.717, 1.165) is 25.7 Å². The van der Waals surface area contributed by atoms with Crippen LogP contribution >= 0.6 is 0 Å². The van der Waals surface area contributed by atoms with Crippen LogP contribution < -0.4 is 0 Å². The zero-order valence-corrected chi connectivity index (χ0v) is 13.2. The van der Waals surface area contributed by atoms with E-state index in [-0.39, 0.29) is 24.3 Å². The second-order valence-corrected chi connectivity index (χ2v) is 5.58. The van der Waals surface area contributed by atoms with Crippen molar-refractivity contribution in [3.8, 4) is 0 Å². The van der Waals surface area contributed by atoms with Crippen LogP contribution in [0.3, 0.4) is 0 Å². The Morgan fingerprint density at radius 1 is 1.23 bits per heavy atom. The second-order valence-electron chi connectivity index (χ2n) is 5.58. The summed E-state index contributed by atoms with van der Waals surface area (Å²) in [6, 6.07) is 3.68. The molecule has 1 amide bonds. The van der Waals surface area contributed by atoms with Gasteiger partial charge in [0.2, 0.25) is 0 Å². The summed E-state index contributed by atoms with van der Waals surface area (Å²) in [6.45, 7) is 2.59. The number of esters is 1. The van der Waals surface area contributed by atoms with E-state index in [1.807, 2.05) is 4.90 Å². The quantitative estimate of drug-likeness (QED) is 0.758. The van der Waals surface area contributed by atoms with Crippen molar-refractivity contribution >= 4 is 11.9 Å². The number of pyridine rings is 1.